The smallest absolute Gasteiger partial charge is 0.123 e. The van der Waals surface area contributed by atoms with Crippen LogP contribution in [0.3, 0.4) is 0 Å². The summed E-state index contributed by atoms with van der Waals surface area (Å²) in [5, 5.41) is 1.91. The first-order chi connectivity index (χ1) is 6.16. The number of benzene rings is 2. The third-order valence-corrected chi connectivity index (χ3v) is 2.14. The van der Waals surface area contributed by atoms with Crippen LogP contribution in [0.2, 0.25) is 0 Å². The Morgan fingerprint density at radius 3 is 2.69 bits per heavy atom. The fourth-order valence-electron chi connectivity index (χ4n) is 1.56. The molecule has 0 aromatic heterocycles. The normalized spacial score (nSPS) is 10.6. The SMILES string of the molecule is Cc1cc(N)cc2cc(F)ccc12. The molecule has 0 spiro atoms. The molecule has 0 heterocycles. The summed E-state index contributed by atoms with van der Waals surface area (Å²) in [5.74, 6) is -0.225. The van der Waals surface area contributed by atoms with Crippen molar-refractivity contribution in [3.05, 3.63) is 41.7 Å². The predicted molar refractivity (Wildman–Crippen MR) is 53.1 cm³/mol. The van der Waals surface area contributed by atoms with Crippen LogP contribution in [0.4, 0.5) is 10.1 Å². The maximum atomic E-state index is 12.9. The summed E-state index contributed by atoms with van der Waals surface area (Å²) >= 11 is 0. The van der Waals surface area contributed by atoms with Gasteiger partial charge in [-0.3, -0.25) is 0 Å². The van der Waals surface area contributed by atoms with Gasteiger partial charge in [-0.15, -0.1) is 0 Å². The third kappa shape index (κ3) is 1.35. The van der Waals surface area contributed by atoms with Crippen molar-refractivity contribution in [1.29, 1.82) is 0 Å². The van der Waals surface area contributed by atoms with E-state index >= 15 is 0 Å². The van der Waals surface area contributed by atoms with Gasteiger partial charge in [0.05, 0.1) is 0 Å². The Bertz CT molecular complexity index is 458. The molecule has 1 nitrogen and oxygen atoms in total. The van der Waals surface area contributed by atoms with E-state index in [4.69, 9.17) is 5.73 Å². The van der Waals surface area contributed by atoms with E-state index < -0.39 is 0 Å². The molecule has 2 aromatic carbocycles. The molecule has 2 heteroatoms. The Morgan fingerprint density at radius 1 is 1.15 bits per heavy atom. The molecule has 0 aliphatic rings. The molecule has 0 saturated carbocycles. The van der Waals surface area contributed by atoms with Crippen LogP contribution in [-0.2, 0) is 0 Å². The van der Waals surface area contributed by atoms with E-state index in [0.717, 1.165) is 16.3 Å². The summed E-state index contributed by atoms with van der Waals surface area (Å²) in [4.78, 5) is 0. The lowest BCUT2D eigenvalue weighted by atomic mass is 10.0. The fourth-order valence-corrected chi connectivity index (χ4v) is 1.56. The number of anilines is 1. The van der Waals surface area contributed by atoms with Crippen LogP contribution in [0.15, 0.2) is 30.3 Å². The van der Waals surface area contributed by atoms with E-state index in [1.54, 1.807) is 12.1 Å². The maximum absolute atomic E-state index is 12.9. The molecule has 0 bridgehead atoms. The number of fused-ring (bicyclic) bond motifs is 1. The van der Waals surface area contributed by atoms with Crippen LogP contribution in [0.25, 0.3) is 10.8 Å². The van der Waals surface area contributed by atoms with Gasteiger partial charge in [0, 0.05) is 5.69 Å². The Morgan fingerprint density at radius 2 is 1.92 bits per heavy atom. The molecule has 0 atom stereocenters. The van der Waals surface area contributed by atoms with Gasteiger partial charge in [-0.1, -0.05) is 6.07 Å². The number of hydrogen-bond acceptors (Lipinski definition) is 1. The summed E-state index contributed by atoms with van der Waals surface area (Å²) < 4.78 is 12.9. The molecule has 2 rings (SSSR count). The van der Waals surface area contributed by atoms with Crippen LogP contribution in [-0.4, -0.2) is 0 Å². The molecule has 0 unspecified atom stereocenters. The van der Waals surface area contributed by atoms with Gasteiger partial charge >= 0.3 is 0 Å². The minimum absolute atomic E-state index is 0.225. The average Bonchev–Trinajstić information content (AvgIpc) is 2.02. The first-order valence-corrected chi connectivity index (χ1v) is 4.12. The van der Waals surface area contributed by atoms with E-state index in [-0.39, 0.29) is 5.82 Å². The van der Waals surface area contributed by atoms with Crippen molar-refractivity contribution in [3.63, 3.8) is 0 Å². The Labute approximate surface area is 76.0 Å². The summed E-state index contributed by atoms with van der Waals surface area (Å²) in [5.41, 5.74) is 7.41. The minimum Gasteiger partial charge on any atom is -0.399 e. The molecule has 0 saturated heterocycles. The zero-order chi connectivity index (χ0) is 9.42. The summed E-state index contributed by atoms with van der Waals surface area (Å²) in [6.45, 7) is 1.97. The molecule has 0 aliphatic carbocycles. The van der Waals surface area contributed by atoms with Gasteiger partial charge in [0.2, 0.25) is 0 Å². The molecular formula is C11H10FN. The van der Waals surface area contributed by atoms with Crippen molar-refractivity contribution in [2.24, 2.45) is 0 Å². The Balaban J connectivity index is 2.86. The van der Waals surface area contributed by atoms with Crippen molar-refractivity contribution in [3.8, 4) is 0 Å². The van der Waals surface area contributed by atoms with Crippen LogP contribution >= 0.6 is 0 Å². The van der Waals surface area contributed by atoms with Crippen LogP contribution < -0.4 is 5.73 Å². The molecule has 0 fully saturated rings. The quantitative estimate of drug-likeness (QED) is 0.612. The van der Waals surface area contributed by atoms with Gasteiger partial charge in [-0.25, -0.2) is 4.39 Å². The highest BCUT2D eigenvalue weighted by atomic mass is 19.1. The lowest BCUT2D eigenvalue weighted by Crippen LogP contribution is -1.87. The van der Waals surface area contributed by atoms with Crippen molar-refractivity contribution in [2.45, 2.75) is 6.92 Å². The van der Waals surface area contributed by atoms with Crippen LogP contribution in [0, 0.1) is 12.7 Å². The van der Waals surface area contributed by atoms with Gasteiger partial charge in [-0.2, -0.15) is 0 Å². The van der Waals surface area contributed by atoms with E-state index in [9.17, 15) is 4.39 Å². The van der Waals surface area contributed by atoms with E-state index in [1.807, 2.05) is 13.0 Å². The number of aryl methyl sites for hydroxylation is 1. The van der Waals surface area contributed by atoms with Gasteiger partial charge in [0.15, 0.2) is 0 Å². The highest BCUT2D eigenvalue weighted by Gasteiger charge is 1.99. The highest BCUT2D eigenvalue weighted by Crippen LogP contribution is 2.22. The van der Waals surface area contributed by atoms with E-state index in [0.29, 0.717) is 5.69 Å². The second-order valence-corrected chi connectivity index (χ2v) is 3.20. The lowest BCUT2D eigenvalue weighted by molar-refractivity contribution is 0.630. The molecule has 0 amide bonds. The van der Waals surface area contributed by atoms with Crippen LogP contribution in [0.1, 0.15) is 5.56 Å². The molecule has 66 valence electrons. The van der Waals surface area contributed by atoms with Gasteiger partial charge < -0.3 is 5.73 Å². The topological polar surface area (TPSA) is 26.0 Å². The number of nitrogens with two attached hydrogens (primary N) is 1. The monoisotopic (exact) mass is 175 g/mol. The zero-order valence-electron chi connectivity index (χ0n) is 7.34. The fraction of sp³-hybridized carbons (Fsp3) is 0.0909. The average molecular weight is 175 g/mol. The van der Waals surface area contributed by atoms with Gasteiger partial charge in [0.25, 0.3) is 0 Å². The second-order valence-electron chi connectivity index (χ2n) is 3.20. The molecule has 13 heavy (non-hydrogen) atoms. The standard InChI is InChI=1S/C11H10FN/c1-7-4-10(13)6-8-5-9(12)2-3-11(7)8/h2-6H,13H2,1H3. The van der Waals surface area contributed by atoms with Crippen molar-refractivity contribution >= 4 is 16.5 Å². The molecule has 2 N–H and O–H groups in total. The lowest BCUT2D eigenvalue weighted by Gasteiger charge is -2.03. The van der Waals surface area contributed by atoms with E-state index in [2.05, 4.69) is 0 Å². The van der Waals surface area contributed by atoms with Gasteiger partial charge in [0.1, 0.15) is 5.82 Å². The van der Waals surface area contributed by atoms with Gasteiger partial charge in [-0.05, 0) is 47.5 Å². The Hall–Kier alpha value is -1.57. The maximum Gasteiger partial charge on any atom is 0.123 e. The van der Waals surface area contributed by atoms with Crippen molar-refractivity contribution in [2.75, 3.05) is 5.73 Å². The first kappa shape index (κ1) is 8.05. The number of rotatable bonds is 0. The molecule has 0 radical (unpaired) electrons. The first-order valence-electron chi connectivity index (χ1n) is 4.12. The number of hydrogen-bond donors (Lipinski definition) is 1. The largest absolute Gasteiger partial charge is 0.399 e. The van der Waals surface area contributed by atoms with Crippen molar-refractivity contribution in [1.82, 2.24) is 0 Å². The predicted octanol–water partition coefficient (Wildman–Crippen LogP) is 2.87. The zero-order valence-corrected chi connectivity index (χ0v) is 7.34. The second kappa shape index (κ2) is 2.73. The Kier molecular flexibility index (Phi) is 1.69. The molecular weight excluding hydrogens is 165 g/mol. The number of nitrogen functional groups attached to an aromatic ring is 1. The summed E-state index contributed by atoms with van der Waals surface area (Å²) in [6, 6.07) is 8.41. The third-order valence-electron chi connectivity index (χ3n) is 2.14. The minimum atomic E-state index is -0.225. The summed E-state index contributed by atoms with van der Waals surface area (Å²) in [6.07, 6.45) is 0. The van der Waals surface area contributed by atoms with Crippen molar-refractivity contribution < 1.29 is 4.39 Å². The summed E-state index contributed by atoms with van der Waals surface area (Å²) in [7, 11) is 0. The molecule has 2 aromatic rings. The van der Waals surface area contributed by atoms with E-state index in [1.165, 1.54) is 12.1 Å². The molecule has 0 aliphatic heterocycles. The van der Waals surface area contributed by atoms with Crippen LogP contribution in [0.5, 0.6) is 0 Å². The highest BCUT2D eigenvalue weighted by molar-refractivity contribution is 5.88. The number of halogens is 1.